The van der Waals surface area contributed by atoms with Gasteiger partial charge in [-0.15, -0.1) is 0 Å². The fourth-order valence-electron chi connectivity index (χ4n) is 0. The summed E-state index contributed by atoms with van der Waals surface area (Å²) in [7, 11) is 0. The van der Waals surface area contributed by atoms with E-state index in [2.05, 4.69) is 0 Å². The van der Waals surface area contributed by atoms with E-state index in [1.54, 1.807) is 0 Å². The van der Waals surface area contributed by atoms with Gasteiger partial charge in [0.15, 0.2) is 0 Å². The fraction of sp³-hybridized carbons (Fsp3) is 0. The van der Waals surface area contributed by atoms with Gasteiger partial charge in [-0.05, 0) is 0 Å². The molecular formula is FeMnO3Ti+2. The summed E-state index contributed by atoms with van der Waals surface area (Å²) in [5.74, 6) is 0. The molecule has 1 radical (unpaired) electrons. The van der Waals surface area contributed by atoms with Crippen LogP contribution in [0, 0.1) is 0 Å². The van der Waals surface area contributed by atoms with Gasteiger partial charge in [0.25, 0.3) is 0 Å². The average molecular weight is 207 g/mol. The monoisotopic (exact) mass is 207 g/mol. The molecule has 0 unspecified atom stereocenters. The van der Waals surface area contributed by atoms with E-state index in [0.717, 1.165) is 0 Å². The van der Waals surface area contributed by atoms with Crippen molar-refractivity contribution in [1.82, 2.24) is 0 Å². The molecule has 0 bridgehead atoms. The molecule has 0 aliphatic carbocycles. The molecule has 0 rings (SSSR count). The summed E-state index contributed by atoms with van der Waals surface area (Å²) >= 11 is 0. The Labute approximate surface area is 72.0 Å². The standard InChI is InChI=1S/Fe.Mn.3O.Ti/q2*+2;3*-2;+4. The number of hydrogen-bond donors (Lipinski definition) is 0. The van der Waals surface area contributed by atoms with Crippen LogP contribution in [-0.2, 0) is 72.3 Å². The van der Waals surface area contributed by atoms with Crippen LogP contribution in [0.1, 0.15) is 0 Å². The van der Waals surface area contributed by atoms with Crippen molar-refractivity contribution >= 4 is 0 Å². The predicted molar refractivity (Wildman–Crippen MR) is 2.06 cm³/mol. The Balaban J connectivity index is 0. The molecule has 35 valence electrons. The van der Waals surface area contributed by atoms with Crippen molar-refractivity contribution in [1.29, 1.82) is 0 Å². The molecule has 0 aliphatic heterocycles. The fourth-order valence-corrected chi connectivity index (χ4v) is 0. The Bertz CT molecular complexity index is 10.8. The van der Waals surface area contributed by atoms with E-state index in [-0.39, 0.29) is 72.3 Å². The molecule has 0 fully saturated rings. The third kappa shape index (κ3) is 45.3. The van der Waals surface area contributed by atoms with E-state index < -0.39 is 0 Å². The predicted octanol–water partition coefficient (Wildman–Crippen LogP) is -0.364. The van der Waals surface area contributed by atoms with Gasteiger partial charge in [0.1, 0.15) is 0 Å². The van der Waals surface area contributed by atoms with E-state index in [9.17, 15) is 0 Å². The van der Waals surface area contributed by atoms with Crippen molar-refractivity contribution < 1.29 is 72.3 Å². The Morgan fingerprint density at radius 1 is 0.667 bits per heavy atom. The van der Waals surface area contributed by atoms with Gasteiger partial charge in [0.05, 0.1) is 0 Å². The summed E-state index contributed by atoms with van der Waals surface area (Å²) in [5.41, 5.74) is 0. The maximum absolute atomic E-state index is 0. The van der Waals surface area contributed by atoms with Crippen LogP contribution in [0.4, 0.5) is 0 Å². The zero-order chi connectivity index (χ0) is 0. The van der Waals surface area contributed by atoms with Crippen LogP contribution >= 0.6 is 0 Å². The first-order valence-electron chi connectivity index (χ1n) is 0. The molecule has 3 nitrogen and oxygen atoms in total. The Morgan fingerprint density at radius 2 is 0.667 bits per heavy atom. The minimum absolute atomic E-state index is 0. The van der Waals surface area contributed by atoms with Gasteiger partial charge in [-0.3, -0.25) is 0 Å². The number of rotatable bonds is 0. The Kier molecular flexibility index (Phi) is 1660. The molecule has 0 aromatic heterocycles. The quantitative estimate of drug-likeness (QED) is 0.485. The van der Waals surface area contributed by atoms with Crippen LogP contribution in [0.25, 0.3) is 0 Å². The molecule has 0 N–H and O–H groups in total. The molecule has 0 saturated carbocycles. The normalized spacial score (nSPS) is 0. The van der Waals surface area contributed by atoms with Gasteiger partial charge >= 0.3 is 55.9 Å². The van der Waals surface area contributed by atoms with Gasteiger partial charge in [-0.2, -0.15) is 0 Å². The van der Waals surface area contributed by atoms with Gasteiger partial charge in [-0.25, -0.2) is 0 Å². The first-order chi connectivity index (χ1) is 0. The molecule has 0 saturated heterocycles. The van der Waals surface area contributed by atoms with Crippen molar-refractivity contribution in [2.75, 3.05) is 0 Å². The molecule has 0 amide bonds. The van der Waals surface area contributed by atoms with Gasteiger partial charge in [0.2, 0.25) is 0 Å². The minimum atomic E-state index is 0. The maximum atomic E-state index is 0. The van der Waals surface area contributed by atoms with Crippen molar-refractivity contribution in [2.24, 2.45) is 0 Å². The van der Waals surface area contributed by atoms with Crippen LogP contribution < -0.4 is 0 Å². The van der Waals surface area contributed by atoms with E-state index >= 15 is 0 Å². The van der Waals surface area contributed by atoms with Crippen LogP contribution in [-0.4, -0.2) is 0 Å². The molecule has 0 heterocycles. The van der Waals surface area contributed by atoms with Gasteiger partial charge < -0.3 is 16.4 Å². The SMILES string of the molecule is [Fe+2].[Mn+2].[O-2].[O-2].[O-2].[Ti+4]. The second-order valence-corrected chi connectivity index (χ2v) is 0. The largest absolute Gasteiger partial charge is 4.00 e. The molecule has 0 aliphatic rings. The van der Waals surface area contributed by atoms with Crippen LogP contribution in [0.3, 0.4) is 0 Å². The summed E-state index contributed by atoms with van der Waals surface area (Å²) < 4.78 is 0. The Hall–Kier alpha value is 1.63. The smallest absolute Gasteiger partial charge is 2.00 e. The molecule has 6 heteroatoms. The summed E-state index contributed by atoms with van der Waals surface area (Å²) in [6.45, 7) is 0. The zero-order valence-corrected chi connectivity index (χ0v) is 6.30. The first kappa shape index (κ1) is 126. The van der Waals surface area contributed by atoms with Crippen molar-refractivity contribution in [2.45, 2.75) is 0 Å². The van der Waals surface area contributed by atoms with Crippen LogP contribution in [0.15, 0.2) is 0 Å². The van der Waals surface area contributed by atoms with Crippen molar-refractivity contribution in [3.8, 4) is 0 Å². The van der Waals surface area contributed by atoms with E-state index in [1.165, 1.54) is 0 Å². The molecule has 0 atom stereocenters. The van der Waals surface area contributed by atoms with Crippen molar-refractivity contribution in [3.63, 3.8) is 0 Å². The summed E-state index contributed by atoms with van der Waals surface area (Å²) in [6.07, 6.45) is 0. The van der Waals surface area contributed by atoms with E-state index in [0.29, 0.717) is 0 Å². The summed E-state index contributed by atoms with van der Waals surface area (Å²) in [4.78, 5) is 0. The summed E-state index contributed by atoms with van der Waals surface area (Å²) in [6, 6.07) is 0. The third-order valence-corrected chi connectivity index (χ3v) is 0. The molecule has 0 aromatic carbocycles. The second-order valence-electron chi connectivity index (χ2n) is 0. The molecule has 0 aromatic rings. The molecule has 0 spiro atoms. The average Bonchev–Trinajstić information content (AvgIpc) is 0. The molecular weight excluding hydrogens is 207 g/mol. The summed E-state index contributed by atoms with van der Waals surface area (Å²) in [5, 5.41) is 0. The van der Waals surface area contributed by atoms with E-state index in [4.69, 9.17) is 0 Å². The van der Waals surface area contributed by atoms with Crippen LogP contribution in [0.5, 0.6) is 0 Å². The third-order valence-electron chi connectivity index (χ3n) is 0. The van der Waals surface area contributed by atoms with Gasteiger partial charge in [0, 0.05) is 0 Å². The molecule has 6 heavy (non-hydrogen) atoms. The number of hydrogen-bond acceptors (Lipinski definition) is 0. The minimum Gasteiger partial charge on any atom is -2.00 e. The second kappa shape index (κ2) is 78.9. The maximum Gasteiger partial charge on any atom is 4.00 e. The zero-order valence-electron chi connectivity index (χ0n) is 2.46. The van der Waals surface area contributed by atoms with Crippen molar-refractivity contribution in [3.05, 3.63) is 0 Å². The van der Waals surface area contributed by atoms with E-state index in [1.807, 2.05) is 0 Å². The Morgan fingerprint density at radius 3 is 0.667 bits per heavy atom. The van der Waals surface area contributed by atoms with Crippen LogP contribution in [0.2, 0.25) is 0 Å². The topological polar surface area (TPSA) is 85.5 Å². The van der Waals surface area contributed by atoms with Gasteiger partial charge in [-0.1, -0.05) is 0 Å². The first-order valence-corrected chi connectivity index (χ1v) is 0.